The van der Waals surface area contributed by atoms with Gasteiger partial charge in [0.05, 0.1) is 24.9 Å². The van der Waals surface area contributed by atoms with Crippen molar-refractivity contribution >= 4 is 5.91 Å². The summed E-state index contributed by atoms with van der Waals surface area (Å²) < 4.78 is 0. The van der Waals surface area contributed by atoms with E-state index in [1.165, 1.54) is 0 Å². The number of rotatable bonds is 7. The Morgan fingerprint density at radius 1 is 1.40 bits per heavy atom. The molecule has 90 valence electrons. The van der Waals surface area contributed by atoms with E-state index >= 15 is 0 Å². The Morgan fingerprint density at radius 3 is 2.27 bits per heavy atom. The molecule has 15 heavy (non-hydrogen) atoms. The van der Waals surface area contributed by atoms with Gasteiger partial charge in [0, 0.05) is 6.42 Å². The molecule has 5 nitrogen and oxygen atoms in total. The smallest absolute Gasteiger partial charge is 0.220 e. The fourth-order valence-electron chi connectivity index (χ4n) is 1.14. The van der Waals surface area contributed by atoms with E-state index < -0.39 is 11.6 Å². The first-order valence-electron chi connectivity index (χ1n) is 5.20. The Balaban J connectivity index is 4.11. The van der Waals surface area contributed by atoms with Gasteiger partial charge < -0.3 is 20.6 Å². The van der Waals surface area contributed by atoms with Gasteiger partial charge in [0.1, 0.15) is 0 Å². The van der Waals surface area contributed by atoms with Crippen molar-refractivity contribution in [3.63, 3.8) is 0 Å². The Labute approximate surface area is 90.1 Å². The predicted molar refractivity (Wildman–Crippen MR) is 56.3 cm³/mol. The summed E-state index contributed by atoms with van der Waals surface area (Å²) in [5.74, 6) is -0.263. The van der Waals surface area contributed by atoms with Crippen molar-refractivity contribution in [2.24, 2.45) is 0 Å². The Bertz CT molecular complexity index is 182. The first kappa shape index (κ1) is 14.3. The third kappa shape index (κ3) is 5.11. The molecule has 0 aliphatic carbocycles. The van der Waals surface area contributed by atoms with Crippen molar-refractivity contribution in [2.45, 2.75) is 44.8 Å². The second-order valence-corrected chi connectivity index (χ2v) is 3.89. The minimum absolute atomic E-state index is 0.194. The summed E-state index contributed by atoms with van der Waals surface area (Å²) in [6.45, 7) is 2.81. The van der Waals surface area contributed by atoms with Crippen LogP contribution in [-0.4, -0.2) is 46.1 Å². The van der Waals surface area contributed by atoms with Crippen LogP contribution >= 0.6 is 0 Å². The first-order chi connectivity index (χ1) is 6.99. The molecule has 0 radical (unpaired) electrons. The van der Waals surface area contributed by atoms with Crippen molar-refractivity contribution in [1.29, 1.82) is 0 Å². The molecule has 0 bridgehead atoms. The summed E-state index contributed by atoms with van der Waals surface area (Å²) >= 11 is 0. The SMILES string of the molecule is CCC(CO)(CO)NC(=O)CCC(C)O. The van der Waals surface area contributed by atoms with Crippen LogP contribution in [0.3, 0.4) is 0 Å². The van der Waals surface area contributed by atoms with Crippen LogP contribution in [0.2, 0.25) is 0 Å². The zero-order valence-corrected chi connectivity index (χ0v) is 9.36. The third-order valence-corrected chi connectivity index (χ3v) is 2.48. The van der Waals surface area contributed by atoms with Crippen LogP contribution in [0.25, 0.3) is 0 Å². The molecule has 0 saturated heterocycles. The zero-order valence-electron chi connectivity index (χ0n) is 9.36. The number of carbonyl (C=O) groups excluding carboxylic acids is 1. The number of aliphatic hydroxyl groups is 3. The van der Waals surface area contributed by atoms with E-state index in [4.69, 9.17) is 15.3 Å². The summed E-state index contributed by atoms with van der Waals surface area (Å²) in [6, 6.07) is 0. The lowest BCUT2D eigenvalue weighted by Gasteiger charge is -2.29. The van der Waals surface area contributed by atoms with Gasteiger partial charge in [-0.25, -0.2) is 0 Å². The number of amides is 1. The lowest BCUT2D eigenvalue weighted by Crippen LogP contribution is -2.53. The molecule has 0 saturated carbocycles. The lowest BCUT2D eigenvalue weighted by molar-refractivity contribution is -0.125. The van der Waals surface area contributed by atoms with E-state index in [-0.39, 0.29) is 25.5 Å². The highest BCUT2D eigenvalue weighted by Crippen LogP contribution is 2.09. The average Bonchev–Trinajstić information content (AvgIpc) is 2.23. The van der Waals surface area contributed by atoms with Crippen LogP contribution in [0.4, 0.5) is 0 Å². The van der Waals surface area contributed by atoms with E-state index in [2.05, 4.69) is 5.32 Å². The molecular formula is C10H21NO4. The molecule has 0 aromatic carbocycles. The second kappa shape index (κ2) is 6.76. The molecule has 0 fully saturated rings. The number of hydrogen-bond acceptors (Lipinski definition) is 4. The minimum Gasteiger partial charge on any atom is -0.394 e. The van der Waals surface area contributed by atoms with Crippen molar-refractivity contribution in [3.8, 4) is 0 Å². The van der Waals surface area contributed by atoms with Crippen LogP contribution in [0.1, 0.15) is 33.1 Å². The molecule has 0 aliphatic rings. The number of carbonyl (C=O) groups is 1. The summed E-state index contributed by atoms with van der Waals surface area (Å²) in [5.41, 5.74) is -0.935. The highest BCUT2D eigenvalue weighted by atomic mass is 16.3. The van der Waals surface area contributed by atoms with Gasteiger partial charge in [0.25, 0.3) is 0 Å². The molecule has 1 amide bonds. The van der Waals surface area contributed by atoms with E-state index in [1.54, 1.807) is 13.8 Å². The molecule has 1 unspecified atom stereocenters. The van der Waals surface area contributed by atoms with Crippen LogP contribution in [-0.2, 0) is 4.79 Å². The van der Waals surface area contributed by atoms with Gasteiger partial charge in [-0.3, -0.25) is 4.79 Å². The molecule has 0 aliphatic heterocycles. The molecule has 5 heteroatoms. The van der Waals surface area contributed by atoms with Crippen molar-refractivity contribution < 1.29 is 20.1 Å². The molecule has 0 heterocycles. The summed E-state index contributed by atoms with van der Waals surface area (Å²) in [4.78, 5) is 11.4. The zero-order chi connectivity index (χ0) is 11.9. The Hall–Kier alpha value is -0.650. The van der Waals surface area contributed by atoms with Crippen molar-refractivity contribution in [1.82, 2.24) is 5.32 Å². The summed E-state index contributed by atoms with van der Waals surface area (Å²) in [7, 11) is 0. The predicted octanol–water partition coefficient (Wildman–Crippen LogP) is -0.603. The van der Waals surface area contributed by atoms with Crippen LogP contribution < -0.4 is 5.32 Å². The van der Waals surface area contributed by atoms with Gasteiger partial charge in [-0.2, -0.15) is 0 Å². The van der Waals surface area contributed by atoms with Crippen LogP contribution in [0.5, 0.6) is 0 Å². The number of aliphatic hydroxyl groups excluding tert-OH is 3. The average molecular weight is 219 g/mol. The van der Waals surface area contributed by atoms with Gasteiger partial charge in [0.2, 0.25) is 5.91 Å². The van der Waals surface area contributed by atoms with Gasteiger partial charge in [-0.1, -0.05) is 6.92 Å². The fourth-order valence-corrected chi connectivity index (χ4v) is 1.14. The molecule has 0 rings (SSSR count). The number of nitrogens with one attached hydrogen (secondary N) is 1. The van der Waals surface area contributed by atoms with Crippen LogP contribution in [0, 0.1) is 0 Å². The van der Waals surface area contributed by atoms with Crippen LogP contribution in [0.15, 0.2) is 0 Å². The summed E-state index contributed by atoms with van der Waals surface area (Å²) in [6.07, 6.45) is 0.512. The maximum Gasteiger partial charge on any atom is 0.220 e. The molecule has 1 atom stereocenters. The van der Waals surface area contributed by atoms with Gasteiger partial charge >= 0.3 is 0 Å². The minimum atomic E-state index is -0.935. The standard InChI is InChI=1S/C10H21NO4/c1-3-10(6-12,7-13)11-9(15)5-4-8(2)14/h8,12-14H,3-7H2,1-2H3,(H,11,15). The molecule has 0 spiro atoms. The Kier molecular flexibility index (Phi) is 6.47. The molecular weight excluding hydrogens is 198 g/mol. The van der Waals surface area contributed by atoms with Crippen molar-refractivity contribution in [3.05, 3.63) is 0 Å². The second-order valence-electron chi connectivity index (χ2n) is 3.89. The van der Waals surface area contributed by atoms with E-state index in [9.17, 15) is 4.79 Å². The molecule has 4 N–H and O–H groups in total. The van der Waals surface area contributed by atoms with E-state index in [0.29, 0.717) is 12.8 Å². The fraction of sp³-hybridized carbons (Fsp3) is 0.900. The number of hydrogen-bond donors (Lipinski definition) is 4. The van der Waals surface area contributed by atoms with Gasteiger partial charge in [-0.15, -0.1) is 0 Å². The third-order valence-electron chi connectivity index (χ3n) is 2.48. The topological polar surface area (TPSA) is 89.8 Å². The molecule has 0 aromatic heterocycles. The highest BCUT2D eigenvalue weighted by molar-refractivity contribution is 5.76. The maximum absolute atomic E-state index is 11.4. The van der Waals surface area contributed by atoms with Crippen molar-refractivity contribution in [2.75, 3.05) is 13.2 Å². The van der Waals surface area contributed by atoms with Gasteiger partial charge in [-0.05, 0) is 19.8 Å². The van der Waals surface area contributed by atoms with E-state index in [1.807, 2.05) is 0 Å². The monoisotopic (exact) mass is 219 g/mol. The molecule has 0 aromatic rings. The quantitative estimate of drug-likeness (QED) is 0.460. The Morgan fingerprint density at radius 2 is 1.93 bits per heavy atom. The van der Waals surface area contributed by atoms with Gasteiger partial charge in [0.15, 0.2) is 0 Å². The lowest BCUT2D eigenvalue weighted by atomic mass is 9.98. The maximum atomic E-state index is 11.4. The normalized spacial score (nSPS) is 13.7. The first-order valence-corrected chi connectivity index (χ1v) is 5.20. The largest absolute Gasteiger partial charge is 0.394 e. The highest BCUT2D eigenvalue weighted by Gasteiger charge is 2.28. The van der Waals surface area contributed by atoms with E-state index in [0.717, 1.165) is 0 Å². The summed E-state index contributed by atoms with van der Waals surface area (Å²) in [5, 5.41) is 29.7.